The molecule has 0 aliphatic carbocycles. The van der Waals surface area contributed by atoms with Gasteiger partial charge in [-0.15, -0.1) is 5.10 Å². The molecule has 3 rings (SSSR count). The first-order chi connectivity index (χ1) is 8.92. The van der Waals surface area contributed by atoms with Crippen LogP contribution in [0.4, 0.5) is 0 Å². The van der Waals surface area contributed by atoms with Gasteiger partial charge in [0, 0.05) is 19.6 Å². The van der Waals surface area contributed by atoms with E-state index in [2.05, 4.69) is 39.5 Å². The van der Waals surface area contributed by atoms with E-state index in [1.807, 2.05) is 6.20 Å². The van der Waals surface area contributed by atoms with Crippen LogP contribution in [0.25, 0.3) is 5.69 Å². The highest BCUT2D eigenvalue weighted by molar-refractivity contribution is 5.33. The molecule has 0 amide bonds. The third-order valence-electron chi connectivity index (χ3n) is 3.13. The van der Waals surface area contributed by atoms with Crippen molar-refractivity contribution < 1.29 is 4.74 Å². The zero-order chi connectivity index (χ0) is 12.2. The Morgan fingerprint density at radius 3 is 2.56 bits per heavy atom. The monoisotopic (exact) mass is 244 g/mol. The summed E-state index contributed by atoms with van der Waals surface area (Å²) in [5.41, 5.74) is 2.36. The SMILES string of the molecule is c1cn(-c2ccc(CN3CCOCC3)cc2)nn1. The van der Waals surface area contributed by atoms with Crippen molar-refractivity contribution in [3.63, 3.8) is 0 Å². The van der Waals surface area contributed by atoms with Crippen LogP contribution in [0.1, 0.15) is 5.56 Å². The van der Waals surface area contributed by atoms with E-state index in [9.17, 15) is 0 Å². The van der Waals surface area contributed by atoms with Crippen LogP contribution in [0.2, 0.25) is 0 Å². The molecule has 5 nitrogen and oxygen atoms in total. The molecule has 18 heavy (non-hydrogen) atoms. The van der Waals surface area contributed by atoms with Crippen molar-refractivity contribution in [2.45, 2.75) is 6.54 Å². The average Bonchev–Trinajstić information content (AvgIpc) is 2.95. The Labute approximate surface area is 106 Å². The Morgan fingerprint density at radius 2 is 1.89 bits per heavy atom. The Balaban J connectivity index is 1.67. The maximum atomic E-state index is 5.35. The maximum Gasteiger partial charge on any atom is 0.0697 e. The number of nitrogens with zero attached hydrogens (tertiary/aromatic N) is 4. The van der Waals surface area contributed by atoms with Gasteiger partial charge in [0.15, 0.2) is 0 Å². The van der Waals surface area contributed by atoms with Gasteiger partial charge in [0.1, 0.15) is 0 Å². The number of benzene rings is 1. The topological polar surface area (TPSA) is 43.2 Å². The van der Waals surface area contributed by atoms with Crippen molar-refractivity contribution in [2.75, 3.05) is 26.3 Å². The van der Waals surface area contributed by atoms with E-state index in [1.54, 1.807) is 10.9 Å². The molecule has 1 aromatic heterocycles. The summed E-state index contributed by atoms with van der Waals surface area (Å²) in [6, 6.07) is 8.44. The van der Waals surface area contributed by atoms with Gasteiger partial charge in [0.25, 0.3) is 0 Å². The quantitative estimate of drug-likeness (QED) is 0.811. The highest BCUT2D eigenvalue weighted by Crippen LogP contribution is 2.11. The summed E-state index contributed by atoms with van der Waals surface area (Å²) in [6.07, 6.45) is 3.53. The Hall–Kier alpha value is -1.72. The van der Waals surface area contributed by atoms with Crippen LogP contribution < -0.4 is 0 Å². The van der Waals surface area contributed by atoms with Crippen LogP contribution in [-0.4, -0.2) is 46.2 Å². The van der Waals surface area contributed by atoms with Crippen molar-refractivity contribution in [1.29, 1.82) is 0 Å². The lowest BCUT2D eigenvalue weighted by atomic mass is 10.2. The Bertz CT molecular complexity index is 474. The standard InChI is InChI=1S/C13H16N4O/c1-3-13(17-6-5-14-15-17)4-2-12(1)11-16-7-9-18-10-8-16/h1-6H,7-11H2. The second-order valence-electron chi connectivity index (χ2n) is 4.40. The summed E-state index contributed by atoms with van der Waals surface area (Å²) < 4.78 is 7.11. The van der Waals surface area contributed by atoms with Gasteiger partial charge in [0.05, 0.1) is 31.3 Å². The third-order valence-corrected chi connectivity index (χ3v) is 3.13. The van der Waals surface area contributed by atoms with Crippen molar-refractivity contribution in [3.8, 4) is 5.69 Å². The molecule has 1 aromatic carbocycles. The Kier molecular flexibility index (Phi) is 3.34. The van der Waals surface area contributed by atoms with Crippen molar-refractivity contribution in [2.24, 2.45) is 0 Å². The fraction of sp³-hybridized carbons (Fsp3) is 0.385. The summed E-state index contributed by atoms with van der Waals surface area (Å²) in [5, 5.41) is 7.78. The van der Waals surface area contributed by atoms with Gasteiger partial charge < -0.3 is 4.74 Å². The highest BCUT2D eigenvalue weighted by atomic mass is 16.5. The third kappa shape index (κ3) is 2.57. The predicted octanol–water partition coefficient (Wildman–Crippen LogP) is 1.10. The first-order valence-electron chi connectivity index (χ1n) is 6.17. The van der Waals surface area contributed by atoms with Gasteiger partial charge in [-0.2, -0.15) is 0 Å². The van der Waals surface area contributed by atoms with Gasteiger partial charge in [-0.25, -0.2) is 4.68 Å². The van der Waals surface area contributed by atoms with E-state index in [0.29, 0.717) is 0 Å². The van der Waals surface area contributed by atoms with Crippen molar-refractivity contribution in [3.05, 3.63) is 42.2 Å². The molecule has 5 heteroatoms. The fourth-order valence-corrected chi connectivity index (χ4v) is 2.12. The molecule has 0 radical (unpaired) electrons. The molecular formula is C13H16N4O. The molecule has 2 aromatic rings. The zero-order valence-corrected chi connectivity index (χ0v) is 10.2. The average molecular weight is 244 g/mol. The molecule has 0 spiro atoms. The predicted molar refractivity (Wildman–Crippen MR) is 67.5 cm³/mol. The normalized spacial score (nSPS) is 16.9. The lowest BCUT2D eigenvalue weighted by Crippen LogP contribution is -2.35. The molecule has 1 aliphatic heterocycles. The van der Waals surface area contributed by atoms with E-state index in [-0.39, 0.29) is 0 Å². The summed E-state index contributed by atoms with van der Waals surface area (Å²) in [7, 11) is 0. The molecule has 94 valence electrons. The first-order valence-corrected chi connectivity index (χ1v) is 6.17. The number of ether oxygens (including phenoxy) is 1. The lowest BCUT2D eigenvalue weighted by molar-refractivity contribution is 0.0342. The molecule has 0 unspecified atom stereocenters. The fourth-order valence-electron chi connectivity index (χ4n) is 2.12. The zero-order valence-electron chi connectivity index (χ0n) is 10.2. The number of morpholine rings is 1. The number of rotatable bonds is 3. The van der Waals surface area contributed by atoms with E-state index in [1.165, 1.54) is 5.56 Å². The number of hydrogen-bond donors (Lipinski definition) is 0. The second kappa shape index (κ2) is 5.29. The van der Waals surface area contributed by atoms with Crippen molar-refractivity contribution >= 4 is 0 Å². The first kappa shape index (κ1) is 11.4. The van der Waals surface area contributed by atoms with E-state index in [0.717, 1.165) is 38.5 Å². The molecule has 0 N–H and O–H groups in total. The second-order valence-corrected chi connectivity index (χ2v) is 4.40. The summed E-state index contributed by atoms with van der Waals surface area (Å²) in [6.45, 7) is 4.71. The summed E-state index contributed by atoms with van der Waals surface area (Å²) >= 11 is 0. The van der Waals surface area contributed by atoms with E-state index in [4.69, 9.17) is 4.74 Å². The van der Waals surface area contributed by atoms with Crippen LogP contribution in [0.5, 0.6) is 0 Å². The number of hydrogen-bond acceptors (Lipinski definition) is 4. The summed E-state index contributed by atoms with van der Waals surface area (Å²) in [5.74, 6) is 0. The van der Waals surface area contributed by atoms with Crippen LogP contribution in [0.15, 0.2) is 36.7 Å². The van der Waals surface area contributed by atoms with Crippen LogP contribution in [0.3, 0.4) is 0 Å². The van der Waals surface area contributed by atoms with Crippen LogP contribution in [-0.2, 0) is 11.3 Å². The lowest BCUT2D eigenvalue weighted by Gasteiger charge is -2.26. The van der Waals surface area contributed by atoms with E-state index < -0.39 is 0 Å². The smallest absolute Gasteiger partial charge is 0.0697 e. The maximum absolute atomic E-state index is 5.35. The number of aromatic nitrogens is 3. The molecule has 0 saturated carbocycles. The minimum absolute atomic E-state index is 0.844. The molecular weight excluding hydrogens is 228 g/mol. The van der Waals surface area contributed by atoms with Crippen molar-refractivity contribution in [1.82, 2.24) is 19.9 Å². The molecule has 0 bridgehead atoms. The van der Waals surface area contributed by atoms with E-state index >= 15 is 0 Å². The van der Waals surface area contributed by atoms with Gasteiger partial charge in [-0.1, -0.05) is 17.3 Å². The molecule has 1 fully saturated rings. The van der Waals surface area contributed by atoms with Gasteiger partial charge in [0.2, 0.25) is 0 Å². The molecule has 1 saturated heterocycles. The highest BCUT2D eigenvalue weighted by Gasteiger charge is 2.10. The minimum Gasteiger partial charge on any atom is -0.379 e. The Morgan fingerprint density at radius 1 is 1.11 bits per heavy atom. The van der Waals surface area contributed by atoms with Crippen LogP contribution in [0, 0.1) is 0 Å². The largest absolute Gasteiger partial charge is 0.379 e. The van der Waals surface area contributed by atoms with Gasteiger partial charge in [-0.05, 0) is 17.7 Å². The van der Waals surface area contributed by atoms with Crippen LogP contribution >= 0.6 is 0 Å². The molecule has 1 aliphatic rings. The van der Waals surface area contributed by atoms with Gasteiger partial charge >= 0.3 is 0 Å². The molecule has 2 heterocycles. The minimum atomic E-state index is 0.844. The summed E-state index contributed by atoms with van der Waals surface area (Å²) in [4.78, 5) is 2.41. The van der Waals surface area contributed by atoms with Gasteiger partial charge in [-0.3, -0.25) is 4.90 Å². The molecule has 0 atom stereocenters.